The first-order valence-corrected chi connectivity index (χ1v) is 5.60. The van der Waals surface area contributed by atoms with Crippen molar-refractivity contribution in [2.24, 2.45) is 5.16 Å². The van der Waals surface area contributed by atoms with Crippen molar-refractivity contribution in [3.8, 4) is 5.75 Å². The summed E-state index contributed by atoms with van der Waals surface area (Å²) in [4.78, 5) is 15.5. The third-order valence-corrected chi connectivity index (χ3v) is 2.12. The van der Waals surface area contributed by atoms with Gasteiger partial charge in [0.25, 0.3) is 5.91 Å². The normalized spacial score (nSPS) is 11.4. The average molecular weight is 290 g/mol. The first-order valence-electron chi connectivity index (χ1n) is 5.60. The van der Waals surface area contributed by atoms with Gasteiger partial charge >= 0.3 is 6.36 Å². The maximum absolute atomic E-state index is 12.0. The molecule has 0 bridgehead atoms. The van der Waals surface area contributed by atoms with E-state index in [-0.39, 0.29) is 12.3 Å². The summed E-state index contributed by atoms with van der Waals surface area (Å²) in [5, 5.41) is 5.77. The van der Waals surface area contributed by atoms with E-state index in [1.165, 1.54) is 25.3 Å². The van der Waals surface area contributed by atoms with Gasteiger partial charge in [0.1, 0.15) is 19.1 Å². The lowest BCUT2D eigenvalue weighted by atomic mass is 10.1. The second-order valence-corrected chi connectivity index (χ2v) is 3.65. The molecular weight excluding hydrogens is 277 g/mol. The molecule has 0 saturated heterocycles. The molecule has 0 heterocycles. The fourth-order valence-electron chi connectivity index (χ4n) is 1.37. The van der Waals surface area contributed by atoms with E-state index < -0.39 is 12.3 Å². The number of oxime groups is 1. The fourth-order valence-corrected chi connectivity index (χ4v) is 1.37. The van der Waals surface area contributed by atoms with Gasteiger partial charge in [0.05, 0.1) is 0 Å². The molecule has 20 heavy (non-hydrogen) atoms. The minimum atomic E-state index is -4.72. The molecule has 0 radical (unpaired) electrons. The summed E-state index contributed by atoms with van der Waals surface area (Å²) >= 11 is 0. The highest BCUT2D eigenvalue weighted by Crippen LogP contribution is 2.23. The molecule has 1 aromatic rings. The molecule has 1 amide bonds. The zero-order chi connectivity index (χ0) is 15.0. The van der Waals surface area contributed by atoms with Gasteiger partial charge in [0.2, 0.25) is 0 Å². The quantitative estimate of drug-likeness (QED) is 0.643. The summed E-state index contributed by atoms with van der Waals surface area (Å²) in [6.07, 6.45) is -3.39. The summed E-state index contributed by atoms with van der Waals surface area (Å²) in [5.41, 5.74) is 0.607. The van der Waals surface area contributed by atoms with Crippen LogP contribution in [0.1, 0.15) is 5.56 Å². The van der Waals surface area contributed by atoms with Crippen molar-refractivity contribution >= 4 is 12.1 Å². The molecule has 5 nitrogen and oxygen atoms in total. The molecule has 0 atom stereocenters. The van der Waals surface area contributed by atoms with Crippen molar-refractivity contribution in [2.75, 3.05) is 13.7 Å². The van der Waals surface area contributed by atoms with Crippen LogP contribution in [0.25, 0.3) is 0 Å². The largest absolute Gasteiger partial charge is 0.573 e. The van der Waals surface area contributed by atoms with Gasteiger partial charge < -0.3 is 14.9 Å². The van der Waals surface area contributed by atoms with Gasteiger partial charge in [0, 0.05) is 6.54 Å². The average Bonchev–Trinajstić information content (AvgIpc) is 2.35. The summed E-state index contributed by atoms with van der Waals surface area (Å²) in [7, 11) is 1.30. The van der Waals surface area contributed by atoms with E-state index in [2.05, 4.69) is 20.0 Å². The maximum atomic E-state index is 12.0. The van der Waals surface area contributed by atoms with Gasteiger partial charge in [0.15, 0.2) is 0 Å². The zero-order valence-corrected chi connectivity index (χ0v) is 10.6. The van der Waals surface area contributed by atoms with Crippen molar-refractivity contribution in [1.82, 2.24) is 5.32 Å². The third kappa shape index (κ3) is 6.62. The molecule has 1 N–H and O–H groups in total. The molecule has 0 saturated carbocycles. The van der Waals surface area contributed by atoms with E-state index in [1.54, 1.807) is 6.07 Å². The van der Waals surface area contributed by atoms with E-state index in [4.69, 9.17) is 0 Å². The first kappa shape index (κ1) is 15.8. The number of nitrogens with zero attached hydrogens (tertiary/aromatic N) is 1. The maximum Gasteiger partial charge on any atom is 0.573 e. The van der Waals surface area contributed by atoms with E-state index in [9.17, 15) is 18.0 Å². The molecule has 0 aliphatic heterocycles. The second-order valence-electron chi connectivity index (χ2n) is 3.65. The highest BCUT2D eigenvalue weighted by molar-refractivity contribution is 6.26. The second kappa shape index (κ2) is 7.37. The standard InChI is InChI=1S/C12H13F3N2O3/c1-19-17-8-11(18)16-6-5-9-3-2-4-10(7-9)20-12(13,14)15/h2-4,7-8H,5-6H2,1H3,(H,16,18). The van der Waals surface area contributed by atoms with Crippen LogP contribution in [0.5, 0.6) is 5.75 Å². The van der Waals surface area contributed by atoms with E-state index in [0.717, 1.165) is 6.21 Å². The number of benzene rings is 1. The number of alkyl halides is 3. The van der Waals surface area contributed by atoms with Crippen molar-refractivity contribution < 1.29 is 27.5 Å². The van der Waals surface area contributed by atoms with Gasteiger partial charge in [-0.15, -0.1) is 13.2 Å². The number of carbonyl (C=O) groups is 1. The topological polar surface area (TPSA) is 59.9 Å². The van der Waals surface area contributed by atoms with Gasteiger partial charge in [-0.1, -0.05) is 17.3 Å². The Morgan fingerprint density at radius 2 is 2.20 bits per heavy atom. The van der Waals surface area contributed by atoms with Crippen molar-refractivity contribution in [1.29, 1.82) is 0 Å². The lowest BCUT2D eigenvalue weighted by Crippen LogP contribution is -2.26. The van der Waals surface area contributed by atoms with Crippen LogP contribution < -0.4 is 10.1 Å². The number of hydrogen-bond acceptors (Lipinski definition) is 4. The molecule has 0 aliphatic carbocycles. The van der Waals surface area contributed by atoms with Crippen molar-refractivity contribution in [3.63, 3.8) is 0 Å². The Kier molecular flexibility index (Phi) is 5.82. The van der Waals surface area contributed by atoms with Crippen LogP contribution >= 0.6 is 0 Å². The predicted octanol–water partition coefficient (Wildman–Crippen LogP) is 1.88. The molecule has 0 spiro atoms. The Hall–Kier alpha value is -2.25. The Morgan fingerprint density at radius 3 is 2.85 bits per heavy atom. The molecule has 110 valence electrons. The predicted molar refractivity (Wildman–Crippen MR) is 65.3 cm³/mol. The molecule has 0 unspecified atom stereocenters. The molecule has 0 fully saturated rings. The molecule has 1 rings (SSSR count). The van der Waals surface area contributed by atoms with E-state index in [0.29, 0.717) is 12.0 Å². The van der Waals surface area contributed by atoms with E-state index in [1.807, 2.05) is 0 Å². The lowest BCUT2D eigenvalue weighted by Gasteiger charge is -2.10. The van der Waals surface area contributed by atoms with Gasteiger partial charge in [-0.25, -0.2) is 0 Å². The minimum Gasteiger partial charge on any atom is -0.406 e. The van der Waals surface area contributed by atoms with Crippen LogP contribution in [0, 0.1) is 0 Å². The summed E-state index contributed by atoms with van der Waals surface area (Å²) < 4.78 is 39.9. The smallest absolute Gasteiger partial charge is 0.406 e. The molecule has 1 aromatic carbocycles. The highest BCUT2D eigenvalue weighted by Gasteiger charge is 2.31. The first-order chi connectivity index (χ1) is 9.40. The number of ether oxygens (including phenoxy) is 1. The van der Waals surface area contributed by atoms with Crippen LogP contribution in [0.3, 0.4) is 0 Å². The molecule has 0 aliphatic rings. The molecule has 0 aromatic heterocycles. The van der Waals surface area contributed by atoms with Crippen LogP contribution in [0.2, 0.25) is 0 Å². The summed E-state index contributed by atoms with van der Waals surface area (Å²) in [6, 6.07) is 5.56. The fraction of sp³-hybridized carbons (Fsp3) is 0.333. The number of hydrogen-bond donors (Lipinski definition) is 1. The van der Waals surface area contributed by atoms with Crippen LogP contribution in [-0.4, -0.2) is 32.1 Å². The Balaban J connectivity index is 2.46. The Labute approximate surface area is 113 Å². The summed E-state index contributed by atoms with van der Waals surface area (Å²) in [6.45, 7) is 0.254. The molecular formula is C12H13F3N2O3. The number of carbonyl (C=O) groups excluding carboxylic acids is 1. The minimum absolute atomic E-state index is 0.254. The third-order valence-electron chi connectivity index (χ3n) is 2.12. The SMILES string of the molecule is CON=CC(=O)NCCc1cccc(OC(F)(F)F)c1. The molecule has 8 heteroatoms. The summed E-state index contributed by atoms with van der Waals surface area (Å²) in [5.74, 6) is -0.739. The zero-order valence-electron chi connectivity index (χ0n) is 10.6. The Morgan fingerprint density at radius 1 is 1.45 bits per heavy atom. The van der Waals surface area contributed by atoms with E-state index >= 15 is 0 Å². The lowest BCUT2D eigenvalue weighted by molar-refractivity contribution is -0.274. The van der Waals surface area contributed by atoms with Crippen molar-refractivity contribution in [3.05, 3.63) is 29.8 Å². The monoisotopic (exact) mass is 290 g/mol. The van der Waals surface area contributed by atoms with Crippen LogP contribution in [-0.2, 0) is 16.1 Å². The highest BCUT2D eigenvalue weighted by atomic mass is 19.4. The van der Waals surface area contributed by atoms with Crippen molar-refractivity contribution in [2.45, 2.75) is 12.8 Å². The number of rotatable bonds is 6. The van der Waals surface area contributed by atoms with Crippen LogP contribution in [0.4, 0.5) is 13.2 Å². The number of nitrogens with one attached hydrogen (secondary N) is 1. The van der Waals surface area contributed by atoms with Gasteiger partial charge in [-0.2, -0.15) is 0 Å². The van der Waals surface area contributed by atoms with Crippen LogP contribution in [0.15, 0.2) is 29.4 Å². The number of halogens is 3. The van der Waals surface area contributed by atoms with Gasteiger partial charge in [-0.3, -0.25) is 4.79 Å². The van der Waals surface area contributed by atoms with Gasteiger partial charge in [-0.05, 0) is 24.1 Å². The number of amides is 1. The Bertz CT molecular complexity index is 475.